The average molecular weight is 667 g/mol. The molecule has 4 saturated heterocycles. The number of aliphatic hydroxyl groups is 1. The molecule has 6 nitrogen and oxygen atoms in total. The van der Waals surface area contributed by atoms with Crippen molar-refractivity contribution in [2.75, 3.05) is 62.3 Å². The lowest BCUT2D eigenvalue weighted by atomic mass is 9.53. The first kappa shape index (κ1) is 29.2. The first-order valence-corrected chi connectivity index (χ1v) is 19.6. The van der Waals surface area contributed by atoms with E-state index in [1.54, 1.807) is 22.3 Å². The number of benzene rings is 2. The monoisotopic (exact) mass is 666 g/mol. The topological polar surface area (TPSA) is 35.9 Å². The number of anilines is 2. The highest BCUT2D eigenvalue weighted by Crippen LogP contribution is 2.71. The van der Waals surface area contributed by atoms with E-state index in [0.717, 1.165) is 48.1 Å². The predicted octanol–water partition coefficient (Wildman–Crippen LogP) is 5.57. The van der Waals surface area contributed by atoms with Crippen molar-refractivity contribution in [3.8, 4) is 0 Å². The highest BCUT2D eigenvalue weighted by Gasteiger charge is 2.78. The van der Waals surface area contributed by atoms with Crippen LogP contribution in [0.1, 0.15) is 36.8 Å². The van der Waals surface area contributed by atoms with E-state index in [-0.39, 0.29) is 29.7 Å². The maximum Gasteiger partial charge on any atom is 0.136 e. The molecule has 10 aliphatic rings. The molecule has 2 aromatic rings. The van der Waals surface area contributed by atoms with E-state index < -0.39 is 0 Å². The van der Waals surface area contributed by atoms with Crippen LogP contribution in [0.15, 0.2) is 109 Å². The molecule has 2 saturated carbocycles. The van der Waals surface area contributed by atoms with Crippen molar-refractivity contribution in [3.05, 3.63) is 120 Å². The van der Waals surface area contributed by atoms with Gasteiger partial charge in [0.2, 0.25) is 0 Å². The number of hydrogen-bond donors (Lipinski definition) is 1. The molecule has 4 bridgehead atoms. The minimum Gasteiger partial charge on any atom is -0.392 e. The minimum atomic E-state index is -0.00591. The van der Waals surface area contributed by atoms with Crippen LogP contribution in [0, 0.1) is 17.8 Å². The molecule has 0 amide bonds. The summed E-state index contributed by atoms with van der Waals surface area (Å²) in [6.07, 6.45) is 16.6. The van der Waals surface area contributed by atoms with Crippen LogP contribution < -0.4 is 9.80 Å². The predicted molar refractivity (Wildman–Crippen MR) is 196 cm³/mol. The van der Waals surface area contributed by atoms with Crippen LogP contribution >= 0.6 is 0 Å². The van der Waals surface area contributed by atoms with Gasteiger partial charge in [-0.05, 0) is 52.1 Å². The molecule has 50 heavy (non-hydrogen) atoms. The largest absolute Gasteiger partial charge is 0.392 e. The molecule has 6 fully saturated rings. The molecule has 2 aliphatic carbocycles. The Balaban J connectivity index is 1.17. The number of ether oxygens (including phenoxy) is 1. The lowest BCUT2D eigenvalue weighted by Gasteiger charge is -2.62. The van der Waals surface area contributed by atoms with Crippen LogP contribution in [-0.2, 0) is 15.6 Å². The Morgan fingerprint density at radius 1 is 0.880 bits per heavy atom. The standard InChI is InChI=1S/C44H50N4O2/c1-3-17-47-19-15-43-34-10-6-8-12-36(34)46-40(43)32(30(23-37(43)47)28(26-47)13-21-49)25-45-35-11-7-5-9-33(35)44-16-20-48(18-4-2)27-29-14-22-50-42(46)39(41(44)45)31(29)24-38(44)48/h3-14,25,30-31,37-42,49H,1-2,15-24,26-27H2/q+2/b28-13-,32-25-/t30-,31?,37-,38-,39?,40?,41?,42+,43+,44+,47?,48?/m0/s1. The molecular formula is C44H50N4O2+2. The molecule has 12 rings (SSSR count). The van der Waals surface area contributed by atoms with Gasteiger partial charge in [0.15, 0.2) is 0 Å². The molecule has 256 valence electrons. The zero-order valence-electron chi connectivity index (χ0n) is 29.2. The van der Waals surface area contributed by atoms with E-state index in [1.807, 2.05) is 0 Å². The van der Waals surface area contributed by atoms with Gasteiger partial charge in [-0.15, -0.1) is 0 Å². The number of quaternary nitrogens is 2. The number of para-hydroxylation sites is 2. The maximum atomic E-state index is 10.5. The van der Waals surface area contributed by atoms with Crippen LogP contribution in [0.2, 0.25) is 0 Å². The zero-order valence-corrected chi connectivity index (χ0v) is 29.2. The Morgan fingerprint density at radius 2 is 1.58 bits per heavy atom. The van der Waals surface area contributed by atoms with Crippen molar-refractivity contribution < 1.29 is 18.8 Å². The molecular weight excluding hydrogens is 617 g/mol. The molecule has 6 unspecified atom stereocenters. The van der Waals surface area contributed by atoms with Crippen molar-refractivity contribution in [2.45, 2.75) is 66.9 Å². The highest BCUT2D eigenvalue weighted by atomic mass is 16.5. The Bertz CT molecular complexity index is 1980. The van der Waals surface area contributed by atoms with Gasteiger partial charge in [0.1, 0.15) is 31.4 Å². The van der Waals surface area contributed by atoms with E-state index in [9.17, 15) is 5.11 Å². The number of hydrogen-bond acceptors (Lipinski definition) is 4. The SMILES string of the molecule is C=CC[N+]12CC[C@@]34c5ccccc5N5/C=C6\C7N(c8ccccc8[C@@]78CC[N+]7(CC=C)C/C(=C/CO)[C@@H]6C[C@@H]87)[C@@H]6OCC=C(C1)C(C[C@@H]32)C6C54. The van der Waals surface area contributed by atoms with Gasteiger partial charge < -0.3 is 28.6 Å². The van der Waals surface area contributed by atoms with E-state index >= 15 is 0 Å². The van der Waals surface area contributed by atoms with Gasteiger partial charge in [0, 0.05) is 61.0 Å². The summed E-state index contributed by atoms with van der Waals surface area (Å²) in [7, 11) is 0. The van der Waals surface area contributed by atoms with Gasteiger partial charge >= 0.3 is 0 Å². The van der Waals surface area contributed by atoms with Crippen molar-refractivity contribution in [2.24, 2.45) is 17.8 Å². The van der Waals surface area contributed by atoms with Gasteiger partial charge in [-0.3, -0.25) is 0 Å². The Labute approximate surface area is 296 Å². The number of aliphatic hydroxyl groups excluding tert-OH is 1. The van der Waals surface area contributed by atoms with Crippen LogP contribution in [0.4, 0.5) is 11.4 Å². The first-order valence-electron chi connectivity index (χ1n) is 19.6. The third-order valence-electron chi connectivity index (χ3n) is 16.7. The minimum absolute atomic E-state index is 0.00591. The molecule has 1 N–H and O–H groups in total. The summed E-state index contributed by atoms with van der Waals surface area (Å²) in [5.41, 5.74) is 10.8. The second-order valence-corrected chi connectivity index (χ2v) is 17.8. The van der Waals surface area contributed by atoms with Crippen LogP contribution in [0.5, 0.6) is 0 Å². The fraction of sp³-hybridized carbons (Fsp3) is 0.500. The normalized spacial score (nSPS) is 47.7. The van der Waals surface area contributed by atoms with Gasteiger partial charge in [-0.2, -0.15) is 0 Å². The lowest BCUT2D eigenvalue weighted by Crippen LogP contribution is -2.74. The summed E-state index contributed by atoms with van der Waals surface area (Å²) in [6, 6.07) is 20.8. The van der Waals surface area contributed by atoms with Crippen LogP contribution in [-0.4, -0.2) is 97.0 Å². The van der Waals surface area contributed by atoms with E-state index in [1.165, 1.54) is 42.8 Å². The first-order chi connectivity index (χ1) is 24.5. The summed E-state index contributed by atoms with van der Waals surface area (Å²) in [5, 5.41) is 10.5. The second kappa shape index (κ2) is 9.51. The molecule has 0 aromatic heterocycles. The second-order valence-electron chi connectivity index (χ2n) is 17.8. The van der Waals surface area contributed by atoms with Crippen molar-refractivity contribution in [1.82, 2.24) is 0 Å². The maximum absolute atomic E-state index is 10.5. The van der Waals surface area contributed by atoms with Crippen LogP contribution in [0.3, 0.4) is 0 Å². The summed E-state index contributed by atoms with van der Waals surface area (Å²) in [5.74, 6) is 1.20. The lowest BCUT2D eigenvalue weighted by molar-refractivity contribution is -0.937. The summed E-state index contributed by atoms with van der Waals surface area (Å²) < 4.78 is 9.69. The van der Waals surface area contributed by atoms with Gasteiger partial charge in [0.25, 0.3) is 0 Å². The third-order valence-corrected chi connectivity index (χ3v) is 16.7. The summed E-state index contributed by atoms with van der Waals surface area (Å²) >= 11 is 0. The Hall–Kier alpha value is -3.42. The highest BCUT2D eigenvalue weighted by molar-refractivity contribution is 5.74. The molecule has 8 heterocycles. The fourth-order valence-electron chi connectivity index (χ4n) is 15.5. The molecule has 12 atom stereocenters. The Kier molecular flexibility index (Phi) is 5.55. The van der Waals surface area contributed by atoms with Crippen molar-refractivity contribution in [3.63, 3.8) is 0 Å². The molecule has 6 heteroatoms. The summed E-state index contributed by atoms with van der Waals surface area (Å²) in [4.78, 5) is 5.74. The quantitative estimate of drug-likeness (QED) is 0.335. The number of piperidine rings is 2. The molecule has 8 aliphatic heterocycles. The molecule has 2 spiro atoms. The van der Waals surface area contributed by atoms with Crippen molar-refractivity contribution in [1.29, 1.82) is 0 Å². The van der Waals surface area contributed by atoms with E-state index in [4.69, 9.17) is 4.74 Å². The van der Waals surface area contributed by atoms with Gasteiger partial charge in [-0.1, -0.05) is 61.7 Å². The van der Waals surface area contributed by atoms with Gasteiger partial charge in [0.05, 0.1) is 62.3 Å². The van der Waals surface area contributed by atoms with E-state index in [2.05, 4.69) is 102 Å². The third kappa shape index (κ3) is 3.01. The fourth-order valence-corrected chi connectivity index (χ4v) is 15.5. The van der Waals surface area contributed by atoms with Crippen molar-refractivity contribution >= 4 is 11.4 Å². The zero-order chi connectivity index (χ0) is 33.2. The molecule has 0 radical (unpaired) electrons. The summed E-state index contributed by atoms with van der Waals surface area (Å²) in [6.45, 7) is 16.0. The van der Waals surface area contributed by atoms with E-state index in [0.29, 0.717) is 42.5 Å². The number of rotatable bonds is 5. The van der Waals surface area contributed by atoms with Gasteiger partial charge in [-0.25, -0.2) is 0 Å². The Morgan fingerprint density at radius 3 is 2.36 bits per heavy atom. The molecule has 2 aromatic carbocycles. The number of nitrogens with zero attached hydrogens (tertiary/aromatic N) is 4. The number of fused-ring (bicyclic) bond motifs is 7. The van der Waals surface area contributed by atoms with Crippen LogP contribution in [0.25, 0.3) is 0 Å². The smallest absolute Gasteiger partial charge is 0.136 e. The average Bonchev–Trinajstić information content (AvgIpc) is 3.78.